The van der Waals surface area contributed by atoms with Gasteiger partial charge in [0.2, 0.25) is 0 Å². The van der Waals surface area contributed by atoms with Crippen molar-refractivity contribution in [2.75, 3.05) is 13.2 Å². The van der Waals surface area contributed by atoms with Gasteiger partial charge >= 0.3 is 0 Å². The molecule has 0 bridgehead atoms. The Hall–Kier alpha value is -1.22. The van der Waals surface area contributed by atoms with Crippen molar-refractivity contribution in [2.24, 2.45) is 0 Å². The largest absolute Gasteiger partial charge is 0.490 e. The molecular weight excluding hydrogens is 192 g/mol. The Kier molecular flexibility index (Phi) is 3.11. The Morgan fingerprint density at radius 3 is 2.80 bits per heavy atom. The van der Waals surface area contributed by atoms with Crippen LogP contribution in [0.4, 0.5) is 0 Å². The highest BCUT2D eigenvalue weighted by atomic mass is 16.5. The second-order valence-corrected chi connectivity index (χ2v) is 3.59. The van der Waals surface area contributed by atoms with Crippen LogP contribution in [0.15, 0.2) is 12.1 Å². The lowest BCUT2D eigenvalue weighted by molar-refractivity contribution is 0.277. The van der Waals surface area contributed by atoms with Crippen molar-refractivity contribution in [2.45, 2.75) is 26.4 Å². The third kappa shape index (κ3) is 1.92. The smallest absolute Gasteiger partial charge is 0.164 e. The summed E-state index contributed by atoms with van der Waals surface area (Å²) in [4.78, 5) is 0. The lowest BCUT2D eigenvalue weighted by atomic mass is 10.0. The van der Waals surface area contributed by atoms with Gasteiger partial charge in [0.05, 0.1) is 19.8 Å². The summed E-state index contributed by atoms with van der Waals surface area (Å²) in [6, 6.07) is 3.79. The first kappa shape index (κ1) is 10.3. The Bertz CT molecular complexity index is 347. The van der Waals surface area contributed by atoms with E-state index in [1.54, 1.807) is 0 Å². The van der Waals surface area contributed by atoms with E-state index in [-0.39, 0.29) is 6.61 Å². The number of ether oxygens (including phenoxy) is 2. The standard InChI is InChI=1S/C12H16O3/c1-2-10-9(8-13)4-5-11-12(10)15-7-3-6-14-11/h4-5,13H,2-3,6-8H2,1H3. The Labute approximate surface area is 89.6 Å². The van der Waals surface area contributed by atoms with E-state index in [1.165, 1.54) is 0 Å². The van der Waals surface area contributed by atoms with Crippen LogP contribution in [0.25, 0.3) is 0 Å². The number of aliphatic hydroxyl groups excluding tert-OH is 1. The normalized spacial score (nSPS) is 14.8. The highest BCUT2D eigenvalue weighted by Crippen LogP contribution is 2.35. The number of aliphatic hydroxyl groups is 1. The summed E-state index contributed by atoms with van der Waals surface area (Å²) in [5.41, 5.74) is 2.00. The number of hydrogen-bond donors (Lipinski definition) is 1. The molecule has 3 heteroatoms. The average molecular weight is 208 g/mol. The van der Waals surface area contributed by atoms with Crippen LogP contribution in [0.5, 0.6) is 11.5 Å². The average Bonchev–Trinajstić information content (AvgIpc) is 2.52. The lowest BCUT2D eigenvalue weighted by Crippen LogP contribution is -2.00. The zero-order valence-corrected chi connectivity index (χ0v) is 8.95. The van der Waals surface area contributed by atoms with Crippen LogP contribution in [0.2, 0.25) is 0 Å². The van der Waals surface area contributed by atoms with Crippen LogP contribution in [0.1, 0.15) is 24.5 Å². The Morgan fingerprint density at radius 1 is 1.27 bits per heavy atom. The van der Waals surface area contributed by atoms with Gasteiger partial charge in [0, 0.05) is 12.0 Å². The van der Waals surface area contributed by atoms with Crippen LogP contribution in [-0.4, -0.2) is 18.3 Å². The van der Waals surface area contributed by atoms with Gasteiger partial charge in [-0.25, -0.2) is 0 Å². The molecule has 1 N–H and O–H groups in total. The molecule has 0 saturated carbocycles. The van der Waals surface area contributed by atoms with Gasteiger partial charge < -0.3 is 14.6 Å². The molecule has 3 nitrogen and oxygen atoms in total. The van der Waals surface area contributed by atoms with Crippen molar-refractivity contribution in [1.29, 1.82) is 0 Å². The molecule has 1 aromatic rings. The minimum absolute atomic E-state index is 0.0554. The number of rotatable bonds is 2. The van der Waals surface area contributed by atoms with Crippen LogP contribution in [-0.2, 0) is 13.0 Å². The molecule has 0 unspecified atom stereocenters. The first-order valence-corrected chi connectivity index (χ1v) is 5.38. The van der Waals surface area contributed by atoms with Crippen LogP contribution in [0, 0.1) is 0 Å². The third-order valence-corrected chi connectivity index (χ3v) is 2.64. The summed E-state index contributed by atoms with van der Waals surface area (Å²) in [6.07, 6.45) is 1.76. The van der Waals surface area contributed by atoms with E-state index in [4.69, 9.17) is 9.47 Å². The van der Waals surface area contributed by atoms with Gasteiger partial charge in [-0.05, 0) is 18.1 Å². The summed E-state index contributed by atoms with van der Waals surface area (Å²) >= 11 is 0. The topological polar surface area (TPSA) is 38.7 Å². The summed E-state index contributed by atoms with van der Waals surface area (Å²) < 4.78 is 11.3. The minimum atomic E-state index is 0.0554. The number of hydrogen-bond acceptors (Lipinski definition) is 3. The maximum Gasteiger partial charge on any atom is 0.164 e. The highest BCUT2D eigenvalue weighted by Gasteiger charge is 2.16. The Balaban J connectivity index is 2.47. The van der Waals surface area contributed by atoms with Crippen LogP contribution in [0.3, 0.4) is 0 Å². The summed E-state index contributed by atoms with van der Waals surface area (Å²) in [5.74, 6) is 1.63. The molecule has 0 spiro atoms. The maximum absolute atomic E-state index is 9.23. The zero-order valence-electron chi connectivity index (χ0n) is 8.95. The summed E-state index contributed by atoms with van der Waals surface area (Å²) in [5, 5.41) is 9.23. The fourth-order valence-electron chi connectivity index (χ4n) is 1.87. The fourth-order valence-corrected chi connectivity index (χ4v) is 1.87. The lowest BCUT2D eigenvalue weighted by Gasteiger charge is -2.14. The van der Waals surface area contributed by atoms with Crippen molar-refractivity contribution >= 4 is 0 Å². The van der Waals surface area contributed by atoms with E-state index in [0.29, 0.717) is 13.2 Å². The monoisotopic (exact) mass is 208 g/mol. The molecule has 82 valence electrons. The quantitative estimate of drug-likeness (QED) is 0.806. The van der Waals surface area contributed by atoms with Crippen molar-refractivity contribution in [3.63, 3.8) is 0 Å². The molecular formula is C12H16O3. The molecule has 2 rings (SSSR count). The molecule has 1 aliphatic rings. The number of fused-ring (bicyclic) bond motifs is 1. The van der Waals surface area contributed by atoms with Gasteiger partial charge in [-0.2, -0.15) is 0 Å². The molecule has 0 fully saturated rings. The van der Waals surface area contributed by atoms with Crippen molar-refractivity contribution in [3.05, 3.63) is 23.3 Å². The van der Waals surface area contributed by atoms with Crippen LogP contribution < -0.4 is 9.47 Å². The molecule has 0 atom stereocenters. The molecule has 0 saturated heterocycles. The molecule has 1 heterocycles. The second-order valence-electron chi connectivity index (χ2n) is 3.59. The summed E-state index contributed by atoms with van der Waals surface area (Å²) in [7, 11) is 0. The second kappa shape index (κ2) is 4.53. The van der Waals surface area contributed by atoms with Crippen LogP contribution >= 0.6 is 0 Å². The highest BCUT2D eigenvalue weighted by molar-refractivity contribution is 5.51. The van der Waals surface area contributed by atoms with Crippen molar-refractivity contribution < 1.29 is 14.6 Å². The van der Waals surface area contributed by atoms with E-state index in [2.05, 4.69) is 6.92 Å². The fraction of sp³-hybridized carbons (Fsp3) is 0.500. The van der Waals surface area contributed by atoms with Gasteiger partial charge in [-0.1, -0.05) is 13.0 Å². The third-order valence-electron chi connectivity index (χ3n) is 2.64. The SMILES string of the molecule is CCc1c(CO)ccc2c1OCCCO2. The first-order valence-electron chi connectivity index (χ1n) is 5.38. The first-order chi connectivity index (χ1) is 7.36. The maximum atomic E-state index is 9.23. The predicted octanol–water partition coefficient (Wildman–Crippen LogP) is 1.90. The molecule has 0 amide bonds. The van der Waals surface area contributed by atoms with Gasteiger partial charge in [-0.15, -0.1) is 0 Å². The van der Waals surface area contributed by atoms with E-state index in [9.17, 15) is 5.11 Å². The van der Waals surface area contributed by atoms with Gasteiger partial charge in [0.15, 0.2) is 11.5 Å². The molecule has 1 aromatic carbocycles. The molecule has 1 aliphatic heterocycles. The van der Waals surface area contributed by atoms with E-state index < -0.39 is 0 Å². The van der Waals surface area contributed by atoms with Gasteiger partial charge in [-0.3, -0.25) is 0 Å². The van der Waals surface area contributed by atoms with Gasteiger partial charge in [0.25, 0.3) is 0 Å². The van der Waals surface area contributed by atoms with Gasteiger partial charge in [0.1, 0.15) is 0 Å². The van der Waals surface area contributed by atoms with E-state index in [1.807, 2.05) is 12.1 Å². The number of benzene rings is 1. The summed E-state index contributed by atoms with van der Waals surface area (Å²) in [6.45, 7) is 3.51. The van der Waals surface area contributed by atoms with E-state index >= 15 is 0 Å². The predicted molar refractivity (Wildman–Crippen MR) is 57.3 cm³/mol. The van der Waals surface area contributed by atoms with Crippen molar-refractivity contribution in [1.82, 2.24) is 0 Å². The molecule has 0 aliphatic carbocycles. The molecule has 0 radical (unpaired) electrons. The molecule has 15 heavy (non-hydrogen) atoms. The molecule has 0 aromatic heterocycles. The van der Waals surface area contributed by atoms with E-state index in [0.717, 1.165) is 35.5 Å². The van der Waals surface area contributed by atoms with Crippen molar-refractivity contribution in [3.8, 4) is 11.5 Å². The minimum Gasteiger partial charge on any atom is -0.490 e. The zero-order chi connectivity index (χ0) is 10.7. The Morgan fingerprint density at radius 2 is 2.07 bits per heavy atom.